The highest BCUT2D eigenvalue weighted by Crippen LogP contribution is 2.39. The molecular weight excluding hydrogens is 244 g/mol. The van der Waals surface area contributed by atoms with Crippen molar-refractivity contribution in [3.63, 3.8) is 0 Å². The molecule has 1 aliphatic rings. The standard InChI is InChI=1S/C4H6S3.ClHO4/c1-5-4-6-2-3-7-4;2-1(3,4)5/h2-4H,1H3;(H,2,3,4,5)/p-1. The number of rotatable bonds is 1. The van der Waals surface area contributed by atoms with Crippen molar-refractivity contribution in [2.75, 3.05) is 6.26 Å². The first-order valence-corrected chi connectivity index (χ1v) is 6.95. The molecular formula is C4H6ClO4S3-. The molecule has 8 heteroatoms. The third-order valence-corrected chi connectivity index (χ3v) is 4.70. The van der Waals surface area contributed by atoms with Crippen LogP contribution < -0.4 is 18.6 Å². The van der Waals surface area contributed by atoms with Crippen molar-refractivity contribution in [3.8, 4) is 0 Å². The summed E-state index contributed by atoms with van der Waals surface area (Å²) in [6.45, 7) is 0. The third-order valence-electron chi connectivity index (χ3n) is 0.627. The van der Waals surface area contributed by atoms with Gasteiger partial charge in [-0.15, -0.1) is 45.5 Å². The second kappa shape index (κ2) is 6.39. The second-order valence-electron chi connectivity index (χ2n) is 1.45. The molecule has 1 heterocycles. The van der Waals surface area contributed by atoms with Gasteiger partial charge in [0, 0.05) is 0 Å². The van der Waals surface area contributed by atoms with Crippen LogP contribution in [0.1, 0.15) is 0 Å². The van der Waals surface area contributed by atoms with Crippen molar-refractivity contribution in [1.29, 1.82) is 0 Å². The average Bonchev–Trinajstić information content (AvgIpc) is 2.33. The van der Waals surface area contributed by atoms with E-state index in [1.54, 1.807) is 0 Å². The summed E-state index contributed by atoms with van der Waals surface area (Å²) >= 11 is 5.67. The molecule has 0 saturated heterocycles. The number of hydrogen-bond acceptors (Lipinski definition) is 7. The lowest BCUT2D eigenvalue weighted by atomic mass is 11.3. The van der Waals surface area contributed by atoms with Crippen LogP contribution in [0.15, 0.2) is 10.8 Å². The van der Waals surface area contributed by atoms with Crippen LogP contribution >= 0.6 is 35.3 Å². The predicted octanol–water partition coefficient (Wildman–Crippen LogP) is -2.17. The highest BCUT2D eigenvalue weighted by molar-refractivity contribution is 8.35. The Morgan fingerprint density at radius 3 is 1.67 bits per heavy atom. The topological polar surface area (TPSA) is 92.2 Å². The van der Waals surface area contributed by atoms with Crippen molar-refractivity contribution < 1.29 is 28.9 Å². The molecule has 0 unspecified atom stereocenters. The van der Waals surface area contributed by atoms with E-state index < -0.39 is 10.2 Å². The van der Waals surface area contributed by atoms with Gasteiger partial charge in [0.2, 0.25) is 0 Å². The zero-order chi connectivity index (χ0) is 9.61. The molecule has 0 aliphatic carbocycles. The van der Waals surface area contributed by atoms with Gasteiger partial charge in [-0.25, -0.2) is 18.6 Å². The second-order valence-corrected chi connectivity index (χ2v) is 6.07. The minimum absolute atomic E-state index is 0.736. The van der Waals surface area contributed by atoms with E-state index in [1.165, 1.54) is 0 Å². The quantitative estimate of drug-likeness (QED) is 0.522. The number of halogens is 1. The fourth-order valence-electron chi connectivity index (χ4n) is 0.336. The van der Waals surface area contributed by atoms with Crippen LogP contribution in [0, 0.1) is 10.2 Å². The van der Waals surface area contributed by atoms with Crippen LogP contribution in [0.25, 0.3) is 0 Å². The van der Waals surface area contributed by atoms with Crippen LogP contribution in [0.4, 0.5) is 0 Å². The van der Waals surface area contributed by atoms with E-state index in [-0.39, 0.29) is 0 Å². The first kappa shape index (κ1) is 12.9. The van der Waals surface area contributed by atoms with Gasteiger partial charge in [0.1, 0.15) is 3.91 Å². The fourth-order valence-corrected chi connectivity index (χ4v) is 3.02. The zero-order valence-electron chi connectivity index (χ0n) is 5.97. The summed E-state index contributed by atoms with van der Waals surface area (Å²) in [4.78, 5) is 0. The maximum Gasteiger partial charge on any atom is 0.103 e. The maximum atomic E-state index is 8.49. The van der Waals surface area contributed by atoms with Gasteiger partial charge in [0.05, 0.1) is 0 Å². The molecule has 4 nitrogen and oxygen atoms in total. The van der Waals surface area contributed by atoms with E-state index in [2.05, 4.69) is 17.1 Å². The summed E-state index contributed by atoms with van der Waals surface area (Å²) in [6.07, 6.45) is 2.14. The molecule has 0 spiro atoms. The Morgan fingerprint density at radius 2 is 1.50 bits per heavy atom. The van der Waals surface area contributed by atoms with E-state index in [9.17, 15) is 0 Å². The highest BCUT2D eigenvalue weighted by Gasteiger charge is 2.07. The van der Waals surface area contributed by atoms with Crippen molar-refractivity contribution >= 4 is 35.3 Å². The maximum absolute atomic E-state index is 8.49. The Hall–Kier alpha value is 0.920. The van der Waals surface area contributed by atoms with Gasteiger partial charge >= 0.3 is 0 Å². The normalized spacial score (nSPS) is 17.4. The third kappa shape index (κ3) is 10.9. The molecule has 0 atom stereocenters. The monoisotopic (exact) mass is 249 g/mol. The van der Waals surface area contributed by atoms with Gasteiger partial charge in [0.25, 0.3) is 0 Å². The SMILES string of the molecule is CSC1SC=CS1.[O-][Cl+3]([O-])([O-])[O-]. The Labute approximate surface area is 85.2 Å². The molecule has 72 valence electrons. The predicted molar refractivity (Wildman–Crippen MR) is 41.6 cm³/mol. The van der Waals surface area contributed by atoms with E-state index >= 15 is 0 Å². The van der Waals surface area contributed by atoms with Crippen molar-refractivity contribution in [3.05, 3.63) is 10.8 Å². The van der Waals surface area contributed by atoms with Crippen molar-refractivity contribution in [2.45, 2.75) is 3.91 Å². The van der Waals surface area contributed by atoms with Gasteiger partial charge < -0.3 is 0 Å². The first-order valence-electron chi connectivity index (χ1n) is 2.54. The molecule has 12 heavy (non-hydrogen) atoms. The van der Waals surface area contributed by atoms with Crippen LogP contribution in [0.5, 0.6) is 0 Å². The van der Waals surface area contributed by atoms with Crippen LogP contribution in [0.3, 0.4) is 0 Å². The summed E-state index contributed by atoms with van der Waals surface area (Å²) < 4.78 is 34.7. The summed E-state index contributed by atoms with van der Waals surface area (Å²) in [7, 11) is -4.94. The molecule has 0 saturated carbocycles. The largest absolute Gasteiger partial charge is 0.222 e. The summed E-state index contributed by atoms with van der Waals surface area (Å²) in [5.41, 5.74) is 0. The van der Waals surface area contributed by atoms with E-state index in [4.69, 9.17) is 18.6 Å². The number of hydrogen-bond donors (Lipinski definition) is 0. The Kier molecular flexibility index (Phi) is 6.87. The summed E-state index contributed by atoms with van der Waals surface area (Å²) in [5.74, 6) is 0. The molecule has 0 fully saturated rings. The highest BCUT2D eigenvalue weighted by atomic mass is 35.7. The molecule has 0 aromatic rings. The van der Waals surface area contributed by atoms with E-state index in [0.29, 0.717) is 0 Å². The lowest BCUT2D eigenvalue weighted by molar-refractivity contribution is -2.00. The number of thioether (sulfide) groups is 3. The molecule has 0 amide bonds. The van der Waals surface area contributed by atoms with Crippen molar-refractivity contribution in [2.24, 2.45) is 0 Å². The molecule has 0 radical (unpaired) electrons. The first-order chi connectivity index (χ1) is 5.43. The zero-order valence-corrected chi connectivity index (χ0v) is 9.17. The molecule has 0 aromatic carbocycles. The van der Waals surface area contributed by atoms with Crippen LogP contribution in [-0.2, 0) is 0 Å². The summed E-state index contributed by atoms with van der Waals surface area (Å²) in [6, 6.07) is 0. The lowest BCUT2D eigenvalue weighted by Gasteiger charge is -2.17. The van der Waals surface area contributed by atoms with Crippen LogP contribution in [0.2, 0.25) is 0 Å². The Bertz CT molecular complexity index is 134. The molecule has 1 aliphatic heterocycles. The minimum atomic E-state index is -4.94. The molecule has 0 aromatic heterocycles. The van der Waals surface area contributed by atoms with Crippen molar-refractivity contribution in [1.82, 2.24) is 0 Å². The fraction of sp³-hybridized carbons (Fsp3) is 0.500. The lowest BCUT2D eigenvalue weighted by Crippen LogP contribution is -2.68. The molecule has 0 N–H and O–H groups in total. The Morgan fingerprint density at radius 1 is 1.17 bits per heavy atom. The van der Waals surface area contributed by atoms with Crippen LogP contribution in [-0.4, -0.2) is 10.2 Å². The van der Waals surface area contributed by atoms with Gasteiger partial charge in [-0.2, -0.15) is 0 Å². The smallest absolute Gasteiger partial charge is 0.103 e. The van der Waals surface area contributed by atoms with E-state index in [0.717, 1.165) is 3.91 Å². The van der Waals surface area contributed by atoms with E-state index in [1.807, 2.05) is 35.3 Å². The summed E-state index contributed by atoms with van der Waals surface area (Å²) in [5, 5.41) is 4.29. The molecule has 1 rings (SSSR count). The van der Waals surface area contributed by atoms with Gasteiger partial charge in [-0.1, -0.05) is 0 Å². The molecule has 0 bridgehead atoms. The van der Waals surface area contributed by atoms with Gasteiger partial charge in [-0.05, 0) is 17.1 Å². The minimum Gasteiger partial charge on any atom is -0.222 e. The van der Waals surface area contributed by atoms with Gasteiger partial charge in [-0.3, -0.25) is 0 Å². The van der Waals surface area contributed by atoms with Gasteiger partial charge in [0.15, 0.2) is 0 Å². The average molecular weight is 250 g/mol. The Balaban J connectivity index is 0.000000217.